The van der Waals surface area contributed by atoms with E-state index in [0.29, 0.717) is 73.4 Å². The number of amides is 1. The van der Waals surface area contributed by atoms with Gasteiger partial charge in [-0.05, 0) is 36.9 Å². The standard InChI is InChI=1S/C34H32ClF3N6O3/c1-2-25(45)44-12-11-42(16-34(44)17-46-18-34)31-23-14-39-29(22-6-3-5-20-7-8-24(37)27(35)26(20)22)28(38)30(23)40-32(41-31)47-19-33-9-4-10-43(33)15-21(36)13-33/h2-3,5-8,14,21H,1,4,9-13,15-19H2/t21-,33+/m1/s1. The van der Waals surface area contributed by atoms with E-state index in [9.17, 15) is 13.6 Å². The molecule has 0 N–H and O–H groups in total. The number of carbonyl (C=O) groups is 1. The Kier molecular flexibility index (Phi) is 7.30. The topological polar surface area (TPSA) is 83.9 Å². The molecule has 4 saturated heterocycles. The van der Waals surface area contributed by atoms with Crippen LogP contribution >= 0.6 is 11.6 Å². The van der Waals surface area contributed by atoms with Gasteiger partial charge in [-0.1, -0.05) is 42.4 Å². The summed E-state index contributed by atoms with van der Waals surface area (Å²) in [5.41, 5.74) is -0.822. The second kappa shape index (κ2) is 11.3. The van der Waals surface area contributed by atoms with Crippen LogP contribution in [0.3, 0.4) is 0 Å². The number of hydrogen-bond donors (Lipinski definition) is 0. The lowest BCUT2D eigenvalue weighted by Crippen LogP contribution is -2.72. The van der Waals surface area contributed by atoms with Crippen LogP contribution in [-0.2, 0) is 9.53 Å². The van der Waals surface area contributed by atoms with Gasteiger partial charge in [0.2, 0.25) is 5.91 Å². The van der Waals surface area contributed by atoms with E-state index >= 15 is 4.39 Å². The number of benzene rings is 2. The van der Waals surface area contributed by atoms with Gasteiger partial charge >= 0.3 is 6.01 Å². The minimum atomic E-state index is -0.939. The Morgan fingerprint density at radius 1 is 1.17 bits per heavy atom. The van der Waals surface area contributed by atoms with Gasteiger partial charge in [0, 0.05) is 49.7 Å². The first-order chi connectivity index (χ1) is 22.7. The van der Waals surface area contributed by atoms with Gasteiger partial charge in [0.15, 0.2) is 5.82 Å². The Balaban J connectivity index is 1.24. The molecule has 0 unspecified atom stereocenters. The van der Waals surface area contributed by atoms with E-state index in [1.165, 1.54) is 18.3 Å². The maximum atomic E-state index is 16.8. The molecule has 8 rings (SSSR count). The number of ether oxygens (including phenoxy) is 2. The highest BCUT2D eigenvalue weighted by Crippen LogP contribution is 2.42. The molecule has 2 aromatic carbocycles. The number of piperazine rings is 1. The summed E-state index contributed by atoms with van der Waals surface area (Å²) in [6.45, 7) is 6.80. The Morgan fingerprint density at radius 2 is 2.02 bits per heavy atom. The van der Waals surface area contributed by atoms with Crippen LogP contribution < -0.4 is 9.64 Å². The molecule has 1 spiro atoms. The quantitative estimate of drug-likeness (QED) is 0.256. The van der Waals surface area contributed by atoms with E-state index in [4.69, 9.17) is 26.1 Å². The van der Waals surface area contributed by atoms with Gasteiger partial charge in [-0.15, -0.1) is 0 Å². The molecule has 47 heavy (non-hydrogen) atoms. The second-order valence-corrected chi connectivity index (χ2v) is 13.4. The van der Waals surface area contributed by atoms with E-state index < -0.39 is 28.9 Å². The highest BCUT2D eigenvalue weighted by Gasteiger charge is 2.51. The maximum absolute atomic E-state index is 16.8. The third kappa shape index (κ3) is 4.83. The van der Waals surface area contributed by atoms with E-state index in [1.807, 2.05) is 4.90 Å². The molecular formula is C34H32ClF3N6O3. The number of hydrogen-bond acceptors (Lipinski definition) is 8. The lowest BCUT2D eigenvalue weighted by molar-refractivity contribution is -0.164. The fourth-order valence-electron chi connectivity index (χ4n) is 7.87. The molecular weight excluding hydrogens is 633 g/mol. The van der Waals surface area contributed by atoms with E-state index in [-0.39, 0.29) is 34.8 Å². The summed E-state index contributed by atoms with van der Waals surface area (Å²) < 4.78 is 57.7. The highest BCUT2D eigenvalue weighted by atomic mass is 35.5. The van der Waals surface area contributed by atoms with Crippen LogP contribution in [-0.4, -0.2) is 100 Å². The summed E-state index contributed by atoms with van der Waals surface area (Å²) in [5.74, 6) is -1.15. The van der Waals surface area contributed by atoms with E-state index in [0.717, 1.165) is 19.4 Å². The first-order valence-corrected chi connectivity index (χ1v) is 16.1. The van der Waals surface area contributed by atoms with Crippen molar-refractivity contribution in [1.82, 2.24) is 24.8 Å². The minimum Gasteiger partial charge on any atom is -0.461 e. The molecule has 4 aliphatic rings. The SMILES string of the molecule is C=CC(=O)N1CCN(c2nc(OC[C@@]34CCCN3C[C@H](F)C4)nc3c(F)c(-c4cccc5ccc(F)c(Cl)c45)ncc23)CC12COC2. The van der Waals surface area contributed by atoms with E-state index in [2.05, 4.69) is 21.4 Å². The summed E-state index contributed by atoms with van der Waals surface area (Å²) in [6.07, 6.45) is 3.95. The zero-order valence-corrected chi connectivity index (χ0v) is 26.3. The van der Waals surface area contributed by atoms with Crippen LogP contribution in [0.4, 0.5) is 19.0 Å². The van der Waals surface area contributed by atoms with Crippen LogP contribution in [0.25, 0.3) is 32.9 Å². The number of alkyl halides is 1. The molecule has 6 heterocycles. The van der Waals surface area contributed by atoms with Crippen molar-refractivity contribution in [2.45, 2.75) is 36.5 Å². The minimum absolute atomic E-state index is 0.0291. The van der Waals surface area contributed by atoms with Crippen molar-refractivity contribution < 1.29 is 27.4 Å². The van der Waals surface area contributed by atoms with Crippen molar-refractivity contribution >= 4 is 45.0 Å². The van der Waals surface area contributed by atoms with Crippen LogP contribution in [0.15, 0.2) is 49.2 Å². The third-order valence-corrected chi connectivity index (χ3v) is 10.6. The zero-order chi connectivity index (χ0) is 32.5. The Morgan fingerprint density at radius 3 is 2.81 bits per heavy atom. The molecule has 0 saturated carbocycles. The molecule has 4 aliphatic heterocycles. The Labute approximate surface area is 273 Å². The van der Waals surface area contributed by atoms with Gasteiger partial charge in [-0.3, -0.25) is 14.7 Å². The van der Waals surface area contributed by atoms with Crippen LogP contribution in [0.2, 0.25) is 5.02 Å². The lowest BCUT2D eigenvalue weighted by atomic mass is 9.91. The largest absolute Gasteiger partial charge is 0.461 e. The summed E-state index contributed by atoms with van der Waals surface area (Å²) >= 11 is 6.40. The number of pyridine rings is 1. The lowest BCUT2D eigenvalue weighted by Gasteiger charge is -2.55. The van der Waals surface area contributed by atoms with E-state index in [1.54, 1.807) is 29.2 Å². The molecule has 0 bridgehead atoms. The predicted octanol–water partition coefficient (Wildman–Crippen LogP) is 5.34. The second-order valence-electron chi connectivity index (χ2n) is 13.0. The smallest absolute Gasteiger partial charge is 0.319 e. The fourth-order valence-corrected chi connectivity index (χ4v) is 8.14. The van der Waals surface area contributed by atoms with Crippen molar-refractivity contribution in [2.75, 3.05) is 57.4 Å². The third-order valence-electron chi connectivity index (χ3n) is 10.2. The number of aromatic nitrogens is 3. The molecule has 0 radical (unpaired) electrons. The van der Waals surface area contributed by atoms with Crippen molar-refractivity contribution in [1.29, 1.82) is 0 Å². The monoisotopic (exact) mass is 664 g/mol. The van der Waals surface area contributed by atoms with Crippen molar-refractivity contribution in [3.8, 4) is 17.3 Å². The number of fused-ring (bicyclic) bond motifs is 3. The average Bonchev–Trinajstić information content (AvgIpc) is 3.59. The highest BCUT2D eigenvalue weighted by molar-refractivity contribution is 6.36. The molecule has 0 aliphatic carbocycles. The predicted molar refractivity (Wildman–Crippen MR) is 171 cm³/mol. The normalized spacial score (nSPS) is 23.8. The number of nitrogens with zero attached hydrogens (tertiary/aromatic N) is 6. The maximum Gasteiger partial charge on any atom is 0.319 e. The number of halogens is 4. The van der Waals surface area contributed by atoms with Gasteiger partial charge in [0.25, 0.3) is 0 Å². The Bertz CT molecular complexity index is 1940. The average molecular weight is 665 g/mol. The van der Waals surface area contributed by atoms with Gasteiger partial charge in [0.05, 0.1) is 29.2 Å². The molecule has 13 heteroatoms. The fraction of sp³-hybridized carbons (Fsp3) is 0.412. The summed E-state index contributed by atoms with van der Waals surface area (Å²) in [4.78, 5) is 32.5. The number of carbonyl (C=O) groups excluding carboxylic acids is 1. The van der Waals surface area contributed by atoms with Crippen LogP contribution in [0.1, 0.15) is 19.3 Å². The Hall–Kier alpha value is -4.00. The zero-order valence-electron chi connectivity index (χ0n) is 25.5. The summed E-state index contributed by atoms with van der Waals surface area (Å²) in [7, 11) is 0. The first-order valence-electron chi connectivity index (χ1n) is 15.7. The number of rotatable bonds is 6. The van der Waals surface area contributed by atoms with Crippen LogP contribution in [0.5, 0.6) is 6.01 Å². The summed E-state index contributed by atoms with van der Waals surface area (Å²) in [5, 5.41) is 1.18. The van der Waals surface area contributed by atoms with Crippen molar-refractivity contribution in [2.24, 2.45) is 0 Å². The van der Waals surface area contributed by atoms with Gasteiger partial charge in [0.1, 0.15) is 41.2 Å². The van der Waals surface area contributed by atoms with Gasteiger partial charge < -0.3 is 19.3 Å². The molecule has 9 nitrogen and oxygen atoms in total. The molecule has 4 aromatic rings. The molecule has 2 atom stereocenters. The number of anilines is 1. The molecule has 2 aromatic heterocycles. The summed E-state index contributed by atoms with van der Waals surface area (Å²) in [6, 6.07) is 7.94. The van der Waals surface area contributed by atoms with Gasteiger partial charge in [-0.2, -0.15) is 9.97 Å². The molecule has 1 amide bonds. The van der Waals surface area contributed by atoms with Crippen LogP contribution in [0, 0.1) is 11.6 Å². The van der Waals surface area contributed by atoms with Gasteiger partial charge in [-0.25, -0.2) is 13.2 Å². The molecule has 4 fully saturated rings. The van der Waals surface area contributed by atoms with Crippen molar-refractivity contribution in [3.05, 3.63) is 65.8 Å². The van der Waals surface area contributed by atoms with Crippen molar-refractivity contribution in [3.63, 3.8) is 0 Å². The molecule has 244 valence electrons. The first kappa shape index (κ1) is 30.3.